The van der Waals surface area contributed by atoms with Crippen molar-refractivity contribution in [1.29, 1.82) is 0 Å². The Bertz CT molecular complexity index is 1020. The van der Waals surface area contributed by atoms with Gasteiger partial charge in [-0.2, -0.15) is 0 Å². The lowest BCUT2D eigenvalue weighted by atomic mass is 10.0. The number of pyridine rings is 1. The number of ether oxygens (including phenoxy) is 1. The fourth-order valence-electron chi connectivity index (χ4n) is 3.45. The van der Waals surface area contributed by atoms with Crippen molar-refractivity contribution in [2.45, 2.75) is 39.7 Å². The van der Waals surface area contributed by atoms with Crippen molar-refractivity contribution < 1.29 is 14.3 Å². The number of aryl methyl sites for hydroxylation is 3. The minimum atomic E-state index is -0.523. The van der Waals surface area contributed by atoms with Crippen molar-refractivity contribution in [1.82, 2.24) is 10.3 Å². The number of benzene rings is 2. The second kappa shape index (κ2) is 9.32. The number of esters is 1. The molecule has 0 saturated carbocycles. The SMILES string of the molecule is Cc1nc2ccccc2c(C)c1C(=O)OCC(=O)N[C@@H](C)CCc1ccccc1. The number of carbonyl (C=O) groups excluding carboxylic acids is 2. The molecule has 29 heavy (non-hydrogen) atoms. The van der Waals surface area contributed by atoms with Crippen LogP contribution in [0.15, 0.2) is 54.6 Å². The van der Waals surface area contributed by atoms with Gasteiger partial charge in [0.2, 0.25) is 0 Å². The molecule has 3 aromatic rings. The predicted octanol–water partition coefficient (Wildman–Crippen LogP) is 4.15. The third-order valence-corrected chi connectivity index (χ3v) is 4.99. The molecule has 1 amide bonds. The summed E-state index contributed by atoms with van der Waals surface area (Å²) in [5.41, 5.74) is 3.91. The van der Waals surface area contributed by atoms with Crippen LogP contribution in [0.25, 0.3) is 10.9 Å². The van der Waals surface area contributed by atoms with Gasteiger partial charge in [-0.15, -0.1) is 0 Å². The Balaban J connectivity index is 1.55. The van der Waals surface area contributed by atoms with E-state index in [-0.39, 0.29) is 18.6 Å². The number of aromatic nitrogens is 1. The number of para-hydroxylation sites is 1. The summed E-state index contributed by atoms with van der Waals surface area (Å²) in [6.07, 6.45) is 1.69. The normalized spacial score (nSPS) is 11.8. The van der Waals surface area contributed by atoms with E-state index in [2.05, 4.69) is 22.4 Å². The van der Waals surface area contributed by atoms with E-state index >= 15 is 0 Å². The van der Waals surface area contributed by atoms with Crippen molar-refractivity contribution in [3.05, 3.63) is 77.0 Å². The topological polar surface area (TPSA) is 68.3 Å². The summed E-state index contributed by atoms with van der Waals surface area (Å²) in [4.78, 5) is 29.3. The molecule has 0 fully saturated rings. The van der Waals surface area contributed by atoms with Crippen molar-refractivity contribution in [2.75, 3.05) is 6.61 Å². The Hall–Kier alpha value is -3.21. The Morgan fingerprint density at radius 3 is 2.48 bits per heavy atom. The molecular weight excluding hydrogens is 364 g/mol. The standard InChI is InChI=1S/C24H26N2O3/c1-16(13-14-19-9-5-4-6-10-19)25-22(27)15-29-24(28)23-17(2)20-11-7-8-12-21(20)26-18(23)3/h4-12,16H,13-15H2,1-3H3,(H,25,27)/t16-/m0/s1. The van der Waals surface area contributed by atoms with Crippen molar-refractivity contribution in [3.8, 4) is 0 Å². The quantitative estimate of drug-likeness (QED) is 0.616. The maximum Gasteiger partial charge on any atom is 0.340 e. The fourth-order valence-corrected chi connectivity index (χ4v) is 3.45. The fraction of sp³-hybridized carbons (Fsp3) is 0.292. The van der Waals surface area contributed by atoms with Crippen LogP contribution in [0.4, 0.5) is 0 Å². The Labute approximate surface area is 171 Å². The van der Waals surface area contributed by atoms with Gasteiger partial charge in [-0.1, -0.05) is 48.5 Å². The third kappa shape index (κ3) is 5.19. The lowest BCUT2D eigenvalue weighted by Crippen LogP contribution is -2.36. The van der Waals surface area contributed by atoms with Crippen LogP contribution in [-0.4, -0.2) is 29.5 Å². The molecule has 1 heterocycles. The Morgan fingerprint density at radius 2 is 1.72 bits per heavy atom. The molecule has 0 bridgehead atoms. The number of carbonyl (C=O) groups is 2. The van der Waals surface area contributed by atoms with Crippen LogP contribution >= 0.6 is 0 Å². The van der Waals surface area contributed by atoms with Crippen LogP contribution in [0.2, 0.25) is 0 Å². The second-order valence-electron chi connectivity index (χ2n) is 7.28. The highest BCUT2D eigenvalue weighted by molar-refractivity contribution is 5.99. The van der Waals surface area contributed by atoms with Gasteiger partial charge in [0.05, 0.1) is 16.8 Å². The summed E-state index contributed by atoms with van der Waals surface area (Å²) in [6, 6.07) is 17.8. The molecule has 5 nitrogen and oxygen atoms in total. The zero-order valence-electron chi connectivity index (χ0n) is 17.1. The van der Waals surface area contributed by atoms with Crippen molar-refractivity contribution in [3.63, 3.8) is 0 Å². The predicted molar refractivity (Wildman–Crippen MR) is 114 cm³/mol. The molecule has 1 N–H and O–H groups in total. The van der Waals surface area contributed by atoms with Gasteiger partial charge in [0.15, 0.2) is 6.61 Å². The first-order valence-corrected chi connectivity index (χ1v) is 9.82. The minimum absolute atomic E-state index is 0.00721. The number of rotatable bonds is 7. The molecule has 150 valence electrons. The van der Waals surface area contributed by atoms with Gasteiger partial charge >= 0.3 is 5.97 Å². The molecule has 0 radical (unpaired) electrons. The monoisotopic (exact) mass is 390 g/mol. The van der Waals surface area contributed by atoms with Gasteiger partial charge in [-0.3, -0.25) is 9.78 Å². The van der Waals surface area contributed by atoms with E-state index in [9.17, 15) is 9.59 Å². The lowest BCUT2D eigenvalue weighted by Gasteiger charge is -2.15. The smallest absolute Gasteiger partial charge is 0.340 e. The van der Waals surface area contributed by atoms with E-state index in [1.807, 2.05) is 56.3 Å². The third-order valence-electron chi connectivity index (χ3n) is 4.99. The molecule has 0 aliphatic carbocycles. The van der Waals surface area contributed by atoms with Crippen LogP contribution < -0.4 is 5.32 Å². The first-order chi connectivity index (χ1) is 14.0. The molecular formula is C24H26N2O3. The number of fused-ring (bicyclic) bond motifs is 1. The summed E-state index contributed by atoms with van der Waals surface area (Å²) >= 11 is 0. The highest BCUT2D eigenvalue weighted by atomic mass is 16.5. The molecule has 0 unspecified atom stereocenters. The number of hydrogen-bond donors (Lipinski definition) is 1. The van der Waals surface area contributed by atoms with Gasteiger partial charge in [-0.05, 0) is 50.8 Å². The zero-order valence-corrected chi connectivity index (χ0v) is 17.1. The van der Waals surface area contributed by atoms with Gasteiger partial charge in [0.1, 0.15) is 0 Å². The molecule has 0 spiro atoms. The van der Waals surface area contributed by atoms with E-state index in [0.717, 1.165) is 29.3 Å². The summed E-state index contributed by atoms with van der Waals surface area (Å²) in [5.74, 6) is -0.826. The zero-order chi connectivity index (χ0) is 20.8. The second-order valence-corrected chi connectivity index (χ2v) is 7.28. The summed E-state index contributed by atoms with van der Waals surface area (Å²) < 4.78 is 5.27. The summed E-state index contributed by atoms with van der Waals surface area (Å²) in [7, 11) is 0. The molecule has 2 aromatic carbocycles. The molecule has 3 rings (SSSR count). The van der Waals surface area contributed by atoms with Crippen LogP contribution in [-0.2, 0) is 16.0 Å². The minimum Gasteiger partial charge on any atom is -0.452 e. The van der Waals surface area contributed by atoms with E-state index in [0.29, 0.717) is 11.3 Å². The van der Waals surface area contributed by atoms with Crippen LogP contribution in [0, 0.1) is 13.8 Å². The molecule has 0 aliphatic rings. The van der Waals surface area contributed by atoms with E-state index in [1.54, 1.807) is 6.92 Å². The van der Waals surface area contributed by atoms with Crippen LogP contribution in [0.3, 0.4) is 0 Å². The maximum atomic E-state index is 12.6. The van der Waals surface area contributed by atoms with Gasteiger partial charge in [0, 0.05) is 11.4 Å². The highest BCUT2D eigenvalue weighted by Gasteiger charge is 2.19. The molecule has 1 atom stereocenters. The van der Waals surface area contributed by atoms with Crippen LogP contribution in [0.1, 0.15) is 40.5 Å². The summed E-state index contributed by atoms with van der Waals surface area (Å²) in [5, 5.41) is 3.79. The molecule has 5 heteroatoms. The van der Waals surface area contributed by atoms with Crippen molar-refractivity contribution >= 4 is 22.8 Å². The van der Waals surface area contributed by atoms with E-state index in [4.69, 9.17) is 4.74 Å². The number of amides is 1. The van der Waals surface area contributed by atoms with E-state index < -0.39 is 5.97 Å². The molecule has 1 aromatic heterocycles. The first-order valence-electron chi connectivity index (χ1n) is 9.82. The average Bonchev–Trinajstić information content (AvgIpc) is 2.71. The summed E-state index contributed by atoms with van der Waals surface area (Å²) in [6.45, 7) is 5.30. The lowest BCUT2D eigenvalue weighted by molar-refractivity contribution is -0.124. The Kier molecular flexibility index (Phi) is 6.60. The van der Waals surface area contributed by atoms with Gasteiger partial charge in [0.25, 0.3) is 5.91 Å². The number of nitrogens with zero attached hydrogens (tertiary/aromatic N) is 1. The van der Waals surface area contributed by atoms with E-state index in [1.165, 1.54) is 5.56 Å². The average molecular weight is 390 g/mol. The van der Waals surface area contributed by atoms with Gasteiger partial charge in [-0.25, -0.2) is 4.79 Å². The highest BCUT2D eigenvalue weighted by Crippen LogP contribution is 2.23. The number of nitrogens with one attached hydrogen (secondary N) is 1. The van der Waals surface area contributed by atoms with Gasteiger partial charge < -0.3 is 10.1 Å². The van der Waals surface area contributed by atoms with Crippen LogP contribution in [0.5, 0.6) is 0 Å². The molecule has 0 saturated heterocycles. The maximum absolute atomic E-state index is 12.6. The largest absolute Gasteiger partial charge is 0.452 e. The van der Waals surface area contributed by atoms with Crippen molar-refractivity contribution in [2.24, 2.45) is 0 Å². The molecule has 0 aliphatic heterocycles. The first kappa shape index (κ1) is 20.5. The number of hydrogen-bond acceptors (Lipinski definition) is 4. The Morgan fingerprint density at radius 1 is 1.03 bits per heavy atom.